The Hall–Kier alpha value is -3.51. The molecule has 150 valence electrons. The summed E-state index contributed by atoms with van der Waals surface area (Å²) in [6.45, 7) is 3.04. The van der Waals surface area contributed by atoms with Crippen LogP contribution in [0, 0.1) is 6.92 Å². The van der Waals surface area contributed by atoms with Crippen LogP contribution in [0.1, 0.15) is 27.2 Å². The van der Waals surface area contributed by atoms with E-state index < -0.39 is 0 Å². The van der Waals surface area contributed by atoms with E-state index in [-0.39, 0.29) is 5.91 Å². The second-order valence-electron chi connectivity index (χ2n) is 6.88. The number of aromatic nitrogens is 2. The number of benzene rings is 2. The molecular weight excluding hydrogens is 394 g/mol. The molecule has 2 aromatic carbocycles. The molecule has 0 aliphatic heterocycles. The third-order valence-corrected chi connectivity index (χ3v) is 5.42. The van der Waals surface area contributed by atoms with Gasteiger partial charge in [-0.25, -0.2) is 4.98 Å². The maximum Gasteiger partial charge on any atom is 0.271 e. The lowest BCUT2D eigenvalue weighted by Crippen LogP contribution is -2.23. The normalized spacial score (nSPS) is 10.6. The first kappa shape index (κ1) is 19.8. The summed E-state index contributed by atoms with van der Waals surface area (Å²) in [6, 6.07) is 19.8. The van der Waals surface area contributed by atoms with E-state index in [2.05, 4.69) is 40.4 Å². The highest BCUT2D eigenvalue weighted by atomic mass is 32.1. The van der Waals surface area contributed by atoms with E-state index in [9.17, 15) is 4.79 Å². The van der Waals surface area contributed by atoms with Crippen LogP contribution in [0.4, 0.5) is 0 Å². The van der Waals surface area contributed by atoms with E-state index in [0.29, 0.717) is 18.8 Å². The molecule has 0 radical (unpaired) electrons. The number of carbonyl (C=O) groups excluding carboxylic acids is 1. The Morgan fingerprint density at radius 3 is 2.60 bits per heavy atom. The van der Waals surface area contributed by atoms with Crippen LogP contribution in [-0.4, -0.2) is 15.9 Å². The van der Waals surface area contributed by atoms with Crippen molar-refractivity contribution < 1.29 is 9.53 Å². The highest BCUT2D eigenvalue weighted by Gasteiger charge is 2.12. The molecule has 5 nitrogen and oxygen atoms in total. The molecule has 0 fully saturated rings. The standard InChI is InChI=1S/C24H21N3O2S/c1-17-3-2-4-19(13-17)15-29-21-7-5-20(6-8-21)24-27-22(16-30-24)23(28)26-14-18-9-11-25-12-10-18/h2-13,16H,14-15H2,1H3,(H,26,28). The second-order valence-corrected chi connectivity index (χ2v) is 7.74. The molecule has 2 heterocycles. The van der Waals surface area contributed by atoms with Crippen LogP contribution in [0.5, 0.6) is 5.75 Å². The highest BCUT2D eigenvalue weighted by molar-refractivity contribution is 7.13. The van der Waals surface area contributed by atoms with E-state index in [1.807, 2.05) is 42.5 Å². The Morgan fingerprint density at radius 1 is 1.03 bits per heavy atom. The van der Waals surface area contributed by atoms with Crippen LogP contribution < -0.4 is 10.1 Å². The second kappa shape index (κ2) is 9.33. The molecule has 30 heavy (non-hydrogen) atoms. The molecule has 4 rings (SSSR count). The van der Waals surface area contributed by atoms with Gasteiger partial charge in [0.2, 0.25) is 0 Å². The van der Waals surface area contributed by atoms with Crippen molar-refractivity contribution >= 4 is 17.2 Å². The molecule has 0 aliphatic carbocycles. The number of rotatable bonds is 7. The van der Waals surface area contributed by atoms with Crippen LogP contribution in [0.2, 0.25) is 0 Å². The molecule has 0 bridgehead atoms. The molecule has 0 aliphatic rings. The minimum Gasteiger partial charge on any atom is -0.489 e. The summed E-state index contributed by atoms with van der Waals surface area (Å²) in [4.78, 5) is 20.8. The fourth-order valence-corrected chi connectivity index (χ4v) is 3.75. The lowest BCUT2D eigenvalue weighted by atomic mass is 10.1. The van der Waals surface area contributed by atoms with Gasteiger partial charge in [-0.15, -0.1) is 11.3 Å². The number of amides is 1. The Morgan fingerprint density at radius 2 is 1.83 bits per heavy atom. The van der Waals surface area contributed by atoms with Crippen LogP contribution in [-0.2, 0) is 13.2 Å². The molecule has 4 aromatic rings. The molecule has 0 spiro atoms. The summed E-state index contributed by atoms with van der Waals surface area (Å²) in [5, 5.41) is 5.46. The topological polar surface area (TPSA) is 64.1 Å². The summed E-state index contributed by atoms with van der Waals surface area (Å²) >= 11 is 1.45. The van der Waals surface area contributed by atoms with Crippen LogP contribution in [0.15, 0.2) is 78.4 Å². The fourth-order valence-electron chi connectivity index (χ4n) is 2.95. The Balaban J connectivity index is 1.35. The molecule has 0 atom stereocenters. The smallest absolute Gasteiger partial charge is 0.271 e. The number of nitrogens with one attached hydrogen (secondary N) is 1. The minimum atomic E-state index is -0.188. The summed E-state index contributed by atoms with van der Waals surface area (Å²) in [5.41, 5.74) is 4.73. The predicted octanol–water partition coefficient (Wildman–Crippen LogP) is 5.02. The van der Waals surface area contributed by atoms with Crippen molar-refractivity contribution in [3.63, 3.8) is 0 Å². The van der Waals surface area contributed by atoms with Gasteiger partial charge in [-0.1, -0.05) is 29.8 Å². The van der Waals surface area contributed by atoms with Crippen molar-refractivity contribution in [2.75, 3.05) is 0 Å². The van der Waals surface area contributed by atoms with Gasteiger partial charge in [0, 0.05) is 29.9 Å². The summed E-state index contributed by atoms with van der Waals surface area (Å²) in [7, 11) is 0. The third kappa shape index (κ3) is 5.10. The number of hydrogen-bond donors (Lipinski definition) is 1. The van der Waals surface area contributed by atoms with Crippen LogP contribution in [0.25, 0.3) is 10.6 Å². The number of hydrogen-bond acceptors (Lipinski definition) is 5. The maximum absolute atomic E-state index is 12.4. The van der Waals surface area contributed by atoms with E-state index in [4.69, 9.17) is 4.74 Å². The zero-order chi connectivity index (χ0) is 20.8. The lowest BCUT2D eigenvalue weighted by Gasteiger charge is -2.07. The van der Waals surface area contributed by atoms with Crippen molar-refractivity contribution in [1.82, 2.24) is 15.3 Å². The molecule has 1 N–H and O–H groups in total. The monoisotopic (exact) mass is 415 g/mol. The molecule has 1 amide bonds. The summed E-state index contributed by atoms with van der Waals surface area (Å²) in [5.74, 6) is 0.611. The number of ether oxygens (including phenoxy) is 1. The minimum absolute atomic E-state index is 0.188. The van der Waals surface area contributed by atoms with Gasteiger partial charge in [0.15, 0.2) is 0 Å². The van der Waals surface area contributed by atoms with Gasteiger partial charge in [-0.3, -0.25) is 9.78 Å². The highest BCUT2D eigenvalue weighted by Crippen LogP contribution is 2.26. The van der Waals surface area contributed by atoms with E-state index in [1.54, 1.807) is 17.8 Å². The average Bonchev–Trinajstić information content (AvgIpc) is 3.28. The van der Waals surface area contributed by atoms with Gasteiger partial charge >= 0.3 is 0 Å². The van der Waals surface area contributed by atoms with Gasteiger partial charge < -0.3 is 10.1 Å². The van der Waals surface area contributed by atoms with E-state index in [1.165, 1.54) is 16.9 Å². The van der Waals surface area contributed by atoms with Crippen LogP contribution >= 0.6 is 11.3 Å². The zero-order valence-electron chi connectivity index (χ0n) is 16.5. The summed E-state index contributed by atoms with van der Waals surface area (Å²) < 4.78 is 5.87. The number of aryl methyl sites for hydroxylation is 1. The van der Waals surface area contributed by atoms with E-state index in [0.717, 1.165) is 27.4 Å². The molecule has 0 saturated heterocycles. The molecule has 0 saturated carbocycles. The van der Waals surface area contributed by atoms with Gasteiger partial charge in [0.05, 0.1) is 0 Å². The van der Waals surface area contributed by atoms with Gasteiger partial charge in [-0.05, 0) is 54.4 Å². The number of thiazole rings is 1. The quantitative estimate of drug-likeness (QED) is 0.460. The Bertz CT molecular complexity index is 1120. The molecule has 0 unspecified atom stereocenters. The lowest BCUT2D eigenvalue weighted by molar-refractivity contribution is 0.0946. The summed E-state index contributed by atoms with van der Waals surface area (Å²) in [6.07, 6.45) is 3.41. The largest absolute Gasteiger partial charge is 0.489 e. The zero-order valence-corrected chi connectivity index (χ0v) is 17.4. The molecule has 2 aromatic heterocycles. The van der Waals surface area contributed by atoms with Gasteiger partial charge in [0.25, 0.3) is 5.91 Å². The first-order chi connectivity index (χ1) is 14.7. The first-order valence-electron chi connectivity index (χ1n) is 9.59. The molecule has 6 heteroatoms. The SMILES string of the molecule is Cc1cccc(COc2ccc(-c3nc(C(=O)NCc4ccncc4)cs3)cc2)c1. The Kier molecular flexibility index (Phi) is 6.15. The number of carbonyl (C=O) groups is 1. The number of pyridine rings is 1. The van der Waals surface area contributed by atoms with Crippen LogP contribution in [0.3, 0.4) is 0 Å². The van der Waals surface area contributed by atoms with Crippen molar-refractivity contribution in [2.45, 2.75) is 20.1 Å². The number of nitrogens with zero attached hydrogens (tertiary/aromatic N) is 2. The van der Waals surface area contributed by atoms with Gasteiger partial charge in [0.1, 0.15) is 23.1 Å². The van der Waals surface area contributed by atoms with E-state index >= 15 is 0 Å². The molecular formula is C24H21N3O2S. The van der Waals surface area contributed by atoms with Crippen molar-refractivity contribution in [2.24, 2.45) is 0 Å². The van der Waals surface area contributed by atoms with Crippen molar-refractivity contribution in [3.8, 4) is 16.3 Å². The Labute approximate surface area is 179 Å². The van der Waals surface area contributed by atoms with Crippen molar-refractivity contribution in [1.29, 1.82) is 0 Å². The van der Waals surface area contributed by atoms with Gasteiger partial charge in [-0.2, -0.15) is 0 Å². The fraction of sp³-hybridized carbons (Fsp3) is 0.125. The average molecular weight is 416 g/mol. The third-order valence-electron chi connectivity index (χ3n) is 4.53. The first-order valence-corrected chi connectivity index (χ1v) is 10.5. The predicted molar refractivity (Wildman–Crippen MR) is 118 cm³/mol. The van der Waals surface area contributed by atoms with Crippen molar-refractivity contribution in [3.05, 3.63) is 101 Å². The maximum atomic E-state index is 12.4.